The normalized spacial score (nSPS) is 11.0. The third kappa shape index (κ3) is 3.60. The molecule has 0 atom stereocenters. The number of rotatable bonds is 5. The summed E-state index contributed by atoms with van der Waals surface area (Å²) in [6.07, 6.45) is 5.85. The van der Waals surface area contributed by atoms with E-state index in [0.717, 1.165) is 16.4 Å². The zero-order valence-electron chi connectivity index (χ0n) is 14.6. The summed E-state index contributed by atoms with van der Waals surface area (Å²) in [7, 11) is 0. The largest absolute Gasteiger partial charge is 0.348 e. The van der Waals surface area contributed by atoms with Gasteiger partial charge in [0.1, 0.15) is 5.82 Å². The van der Waals surface area contributed by atoms with Gasteiger partial charge in [-0.05, 0) is 53.2 Å². The molecule has 7 nitrogen and oxygen atoms in total. The number of pyridine rings is 1. The number of halogens is 3. The molecular formula is C18H17BrClFN6O. The van der Waals surface area contributed by atoms with Crippen LogP contribution in [0.1, 0.15) is 6.42 Å². The SMILES string of the molecule is Cl.NCCCn1cc(-n2c(-c3cncc(Br)c3)n[nH]c2=O)c2cc(F)ccc21. The van der Waals surface area contributed by atoms with Gasteiger partial charge in [-0.2, -0.15) is 5.10 Å². The van der Waals surface area contributed by atoms with Crippen molar-refractivity contribution in [3.8, 4) is 17.1 Å². The molecule has 0 bridgehead atoms. The summed E-state index contributed by atoms with van der Waals surface area (Å²) < 4.78 is 18.1. The Balaban J connectivity index is 0.00000225. The van der Waals surface area contributed by atoms with Crippen LogP contribution in [0.3, 0.4) is 0 Å². The molecule has 3 heterocycles. The standard InChI is InChI=1S/C18H16BrFN6O.ClH/c19-12-6-11(8-22-9-12)17-23-24-18(27)26(17)16-10-25(5-1-4-21)15-3-2-13(20)7-14(15)16;/h2-3,6-10H,1,4-5,21H2,(H,24,27);1H. The first-order valence-corrected chi connectivity index (χ1v) is 9.15. The maximum absolute atomic E-state index is 13.9. The van der Waals surface area contributed by atoms with Crippen molar-refractivity contribution >= 4 is 39.2 Å². The smallest absolute Gasteiger partial charge is 0.345 e. The molecule has 3 N–H and O–H groups in total. The molecule has 0 aliphatic heterocycles. The number of aromatic nitrogens is 5. The van der Waals surface area contributed by atoms with Gasteiger partial charge >= 0.3 is 5.69 Å². The fourth-order valence-corrected chi connectivity index (χ4v) is 3.49. The minimum absolute atomic E-state index is 0. The van der Waals surface area contributed by atoms with Gasteiger partial charge in [0.15, 0.2) is 5.82 Å². The van der Waals surface area contributed by atoms with Crippen LogP contribution in [-0.4, -0.2) is 30.9 Å². The Hall–Kier alpha value is -2.49. The van der Waals surface area contributed by atoms with Gasteiger partial charge in [0.05, 0.1) is 11.2 Å². The molecule has 0 saturated heterocycles. The first-order chi connectivity index (χ1) is 13.1. The molecule has 0 fully saturated rings. The number of nitrogens with two attached hydrogens (primary N) is 1. The highest BCUT2D eigenvalue weighted by Gasteiger charge is 2.18. The van der Waals surface area contributed by atoms with E-state index >= 15 is 0 Å². The Labute approximate surface area is 173 Å². The van der Waals surface area contributed by atoms with E-state index in [0.29, 0.717) is 35.6 Å². The first-order valence-electron chi connectivity index (χ1n) is 8.35. The predicted molar refractivity (Wildman–Crippen MR) is 111 cm³/mol. The molecule has 4 rings (SSSR count). The molecule has 0 radical (unpaired) electrons. The third-order valence-corrected chi connectivity index (χ3v) is 4.74. The topological polar surface area (TPSA) is 94.5 Å². The van der Waals surface area contributed by atoms with Gasteiger partial charge in [-0.3, -0.25) is 4.98 Å². The molecule has 1 aromatic carbocycles. The number of aromatic amines is 1. The summed E-state index contributed by atoms with van der Waals surface area (Å²) in [6, 6.07) is 6.35. The van der Waals surface area contributed by atoms with Crippen LogP contribution >= 0.6 is 28.3 Å². The summed E-state index contributed by atoms with van der Waals surface area (Å²) in [5, 5.41) is 7.25. The van der Waals surface area contributed by atoms with Crippen molar-refractivity contribution in [1.82, 2.24) is 24.3 Å². The number of hydrogen-bond acceptors (Lipinski definition) is 4. The average molecular weight is 468 g/mol. The predicted octanol–water partition coefficient (Wildman–Crippen LogP) is 3.25. The number of benzene rings is 1. The molecule has 10 heteroatoms. The fraction of sp³-hybridized carbons (Fsp3) is 0.167. The van der Waals surface area contributed by atoms with Crippen molar-refractivity contribution < 1.29 is 4.39 Å². The zero-order chi connectivity index (χ0) is 19.0. The van der Waals surface area contributed by atoms with Gasteiger partial charge in [0, 0.05) is 40.6 Å². The lowest BCUT2D eigenvalue weighted by Gasteiger charge is -2.05. The van der Waals surface area contributed by atoms with Crippen LogP contribution in [0.4, 0.5) is 4.39 Å². The van der Waals surface area contributed by atoms with Gasteiger partial charge in [0.25, 0.3) is 0 Å². The van der Waals surface area contributed by atoms with E-state index in [4.69, 9.17) is 5.73 Å². The first kappa shape index (κ1) is 20.2. The number of fused-ring (bicyclic) bond motifs is 1. The lowest BCUT2D eigenvalue weighted by atomic mass is 10.2. The van der Waals surface area contributed by atoms with Crippen molar-refractivity contribution in [3.63, 3.8) is 0 Å². The van der Waals surface area contributed by atoms with Crippen LogP contribution in [0.2, 0.25) is 0 Å². The molecule has 0 amide bonds. The highest BCUT2D eigenvalue weighted by molar-refractivity contribution is 9.10. The lowest BCUT2D eigenvalue weighted by molar-refractivity contribution is 0.629. The molecule has 0 saturated carbocycles. The molecule has 4 aromatic rings. The maximum atomic E-state index is 13.9. The van der Waals surface area contributed by atoms with E-state index in [2.05, 4.69) is 31.1 Å². The molecule has 0 unspecified atom stereocenters. The van der Waals surface area contributed by atoms with Crippen LogP contribution in [0.15, 0.2) is 52.1 Å². The zero-order valence-corrected chi connectivity index (χ0v) is 17.0. The number of nitrogens with one attached hydrogen (secondary N) is 1. The van der Waals surface area contributed by atoms with E-state index in [1.807, 2.05) is 16.8 Å². The molecule has 28 heavy (non-hydrogen) atoms. The highest BCUT2D eigenvalue weighted by Crippen LogP contribution is 2.28. The van der Waals surface area contributed by atoms with Crippen molar-refractivity contribution in [2.75, 3.05) is 6.54 Å². The second-order valence-electron chi connectivity index (χ2n) is 6.09. The second-order valence-corrected chi connectivity index (χ2v) is 7.01. The Morgan fingerprint density at radius 3 is 2.82 bits per heavy atom. The minimum atomic E-state index is -0.410. The molecule has 3 aromatic heterocycles. The quantitative estimate of drug-likeness (QED) is 0.471. The Bertz CT molecular complexity index is 1180. The van der Waals surface area contributed by atoms with Crippen LogP contribution in [-0.2, 0) is 6.54 Å². The second kappa shape index (κ2) is 8.26. The highest BCUT2D eigenvalue weighted by atomic mass is 79.9. The van der Waals surface area contributed by atoms with Crippen LogP contribution in [0.25, 0.3) is 28.0 Å². The van der Waals surface area contributed by atoms with Crippen molar-refractivity contribution in [2.45, 2.75) is 13.0 Å². The summed E-state index contributed by atoms with van der Waals surface area (Å²) in [5.74, 6) is 0.0264. The number of nitrogens with zero attached hydrogens (tertiary/aromatic N) is 4. The Morgan fingerprint density at radius 2 is 2.07 bits per heavy atom. The Morgan fingerprint density at radius 1 is 1.25 bits per heavy atom. The van der Waals surface area contributed by atoms with E-state index in [1.165, 1.54) is 16.7 Å². The van der Waals surface area contributed by atoms with Crippen LogP contribution < -0.4 is 11.4 Å². The molecule has 0 spiro atoms. The van der Waals surface area contributed by atoms with Gasteiger partial charge in [-0.1, -0.05) is 0 Å². The minimum Gasteiger partial charge on any atom is -0.345 e. The van der Waals surface area contributed by atoms with E-state index < -0.39 is 5.69 Å². The molecule has 0 aliphatic rings. The summed E-state index contributed by atoms with van der Waals surface area (Å²) >= 11 is 3.38. The Kier molecular flexibility index (Phi) is 5.97. The third-order valence-electron chi connectivity index (χ3n) is 4.30. The van der Waals surface area contributed by atoms with Crippen molar-refractivity contribution in [1.29, 1.82) is 0 Å². The summed E-state index contributed by atoms with van der Waals surface area (Å²) in [5.41, 5.74) is 7.25. The average Bonchev–Trinajstić information content (AvgIpc) is 3.20. The summed E-state index contributed by atoms with van der Waals surface area (Å²) in [6.45, 7) is 1.20. The van der Waals surface area contributed by atoms with Crippen LogP contribution in [0, 0.1) is 5.82 Å². The van der Waals surface area contributed by atoms with Crippen molar-refractivity contribution in [3.05, 3.63) is 63.6 Å². The lowest BCUT2D eigenvalue weighted by Crippen LogP contribution is -2.15. The van der Waals surface area contributed by atoms with Gasteiger partial charge in [-0.25, -0.2) is 18.9 Å². The van der Waals surface area contributed by atoms with Gasteiger partial charge in [0.2, 0.25) is 0 Å². The molecule has 146 valence electrons. The van der Waals surface area contributed by atoms with Gasteiger partial charge in [-0.15, -0.1) is 12.4 Å². The summed E-state index contributed by atoms with van der Waals surface area (Å²) in [4.78, 5) is 16.7. The molecular weight excluding hydrogens is 451 g/mol. The van der Waals surface area contributed by atoms with Crippen molar-refractivity contribution in [2.24, 2.45) is 5.73 Å². The van der Waals surface area contributed by atoms with E-state index in [1.54, 1.807) is 18.5 Å². The maximum Gasteiger partial charge on any atom is 0.348 e. The fourth-order valence-electron chi connectivity index (χ4n) is 3.12. The van der Waals surface area contributed by atoms with E-state index in [9.17, 15) is 9.18 Å². The number of H-pyrrole nitrogens is 1. The number of hydrogen-bond donors (Lipinski definition) is 2. The molecule has 0 aliphatic carbocycles. The monoisotopic (exact) mass is 466 g/mol. The van der Waals surface area contributed by atoms with E-state index in [-0.39, 0.29) is 18.2 Å². The van der Waals surface area contributed by atoms with Gasteiger partial charge < -0.3 is 10.3 Å². The number of aryl methyl sites for hydroxylation is 1. The van der Waals surface area contributed by atoms with Crippen LogP contribution in [0.5, 0.6) is 0 Å².